The van der Waals surface area contributed by atoms with Gasteiger partial charge in [-0.3, -0.25) is 9.30 Å². The Kier molecular flexibility index (Phi) is 3.86. The Morgan fingerprint density at radius 2 is 2.32 bits per heavy atom. The molecule has 0 saturated carbocycles. The lowest BCUT2D eigenvalue weighted by molar-refractivity contribution is 0.116. The van der Waals surface area contributed by atoms with E-state index in [1.165, 1.54) is 18.5 Å². The van der Waals surface area contributed by atoms with Crippen LogP contribution < -0.4 is 5.32 Å². The molecule has 19 heavy (non-hydrogen) atoms. The van der Waals surface area contributed by atoms with Crippen molar-refractivity contribution >= 4 is 16.3 Å². The topological polar surface area (TPSA) is 32.6 Å². The minimum absolute atomic E-state index is 0.631. The highest BCUT2D eigenvalue weighted by molar-refractivity contribution is 7.15. The van der Waals surface area contributed by atoms with E-state index in [-0.39, 0.29) is 0 Å². The molecule has 4 nitrogen and oxygen atoms in total. The molecule has 0 radical (unpaired) electrons. The van der Waals surface area contributed by atoms with Crippen molar-refractivity contribution in [1.29, 1.82) is 0 Å². The standard InChI is InChI=1S/C14H22N4S/c1-3-11-8-18(13(4-2)7-15-11)10-12-9-17-5-6-19-14(17)16-12/h5-6,9,11,13,15H,3-4,7-8,10H2,1-2H3. The van der Waals surface area contributed by atoms with Crippen LogP contribution in [0.4, 0.5) is 0 Å². The Morgan fingerprint density at radius 1 is 1.42 bits per heavy atom. The average Bonchev–Trinajstić information content (AvgIpc) is 2.99. The minimum atomic E-state index is 0.631. The zero-order valence-electron chi connectivity index (χ0n) is 11.7. The lowest BCUT2D eigenvalue weighted by Crippen LogP contribution is -2.55. The molecule has 2 unspecified atom stereocenters. The molecule has 0 aliphatic carbocycles. The van der Waals surface area contributed by atoms with Crippen molar-refractivity contribution in [2.45, 2.75) is 45.3 Å². The third-order valence-electron chi connectivity index (χ3n) is 4.09. The number of hydrogen-bond donors (Lipinski definition) is 1. The molecule has 1 N–H and O–H groups in total. The van der Waals surface area contributed by atoms with E-state index in [0.29, 0.717) is 12.1 Å². The van der Waals surface area contributed by atoms with Crippen LogP contribution in [0.1, 0.15) is 32.4 Å². The van der Waals surface area contributed by atoms with Crippen molar-refractivity contribution in [2.75, 3.05) is 13.1 Å². The van der Waals surface area contributed by atoms with E-state index in [1.54, 1.807) is 11.3 Å². The Bertz CT molecular complexity index is 504. The molecular weight excluding hydrogens is 256 g/mol. The largest absolute Gasteiger partial charge is 0.311 e. The van der Waals surface area contributed by atoms with E-state index >= 15 is 0 Å². The number of nitrogens with zero attached hydrogens (tertiary/aromatic N) is 3. The van der Waals surface area contributed by atoms with Crippen LogP contribution in [0.25, 0.3) is 4.96 Å². The third-order valence-corrected chi connectivity index (χ3v) is 4.86. The molecule has 1 fully saturated rings. The molecule has 1 saturated heterocycles. The highest BCUT2D eigenvalue weighted by atomic mass is 32.1. The second kappa shape index (κ2) is 5.61. The highest BCUT2D eigenvalue weighted by Gasteiger charge is 2.26. The summed E-state index contributed by atoms with van der Waals surface area (Å²) in [7, 11) is 0. The molecule has 5 heteroatoms. The van der Waals surface area contributed by atoms with Gasteiger partial charge in [-0.25, -0.2) is 4.98 Å². The molecule has 0 spiro atoms. The van der Waals surface area contributed by atoms with Crippen LogP contribution in [0.3, 0.4) is 0 Å². The van der Waals surface area contributed by atoms with Crippen LogP contribution in [-0.4, -0.2) is 39.5 Å². The Labute approximate surface area is 118 Å². The number of piperazine rings is 1. The van der Waals surface area contributed by atoms with Crippen LogP contribution in [0.15, 0.2) is 17.8 Å². The van der Waals surface area contributed by atoms with Crippen molar-refractivity contribution in [3.8, 4) is 0 Å². The van der Waals surface area contributed by atoms with Gasteiger partial charge in [-0.05, 0) is 12.8 Å². The molecule has 0 amide bonds. The monoisotopic (exact) mass is 278 g/mol. The number of rotatable bonds is 4. The number of thiazole rings is 1. The number of nitrogens with one attached hydrogen (secondary N) is 1. The summed E-state index contributed by atoms with van der Waals surface area (Å²) in [5, 5.41) is 5.72. The van der Waals surface area contributed by atoms with Crippen LogP contribution >= 0.6 is 11.3 Å². The van der Waals surface area contributed by atoms with Gasteiger partial charge in [0.25, 0.3) is 0 Å². The SMILES string of the molecule is CCC1CN(Cc2cn3ccsc3n2)C(CC)CN1. The van der Waals surface area contributed by atoms with Gasteiger partial charge in [-0.2, -0.15) is 0 Å². The second-order valence-electron chi connectivity index (χ2n) is 5.33. The second-order valence-corrected chi connectivity index (χ2v) is 6.20. The van der Waals surface area contributed by atoms with Gasteiger partial charge in [-0.1, -0.05) is 13.8 Å². The fraction of sp³-hybridized carbons (Fsp3) is 0.643. The van der Waals surface area contributed by atoms with E-state index in [2.05, 4.69) is 46.2 Å². The number of hydrogen-bond acceptors (Lipinski definition) is 4. The first kappa shape index (κ1) is 13.1. The smallest absolute Gasteiger partial charge is 0.193 e. The summed E-state index contributed by atoms with van der Waals surface area (Å²) in [6.07, 6.45) is 6.65. The van der Waals surface area contributed by atoms with Crippen molar-refractivity contribution in [1.82, 2.24) is 19.6 Å². The zero-order valence-corrected chi connectivity index (χ0v) is 12.5. The molecule has 104 valence electrons. The zero-order chi connectivity index (χ0) is 13.2. The van der Waals surface area contributed by atoms with Gasteiger partial charge in [0, 0.05) is 49.5 Å². The van der Waals surface area contributed by atoms with E-state index in [1.807, 2.05) is 0 Å². The fourth-order valence-electron chi connectivity index (χ4n) is 2.86. The van der Waals surface area contributed by atoms with Crippen molar-refractivity contribution < 1.29 is 0 Å². The first-order chi connectivity index (χ1) is 9.30. The van der Waals surface area contributed by atoms with Gasteiger partial charge in [0.15, 0.2) is 4.96 Å². The molecule has 1 aliphatic rings. The Balaban J connectivity index is 1.73. The molecule has 3 heterocycles. The molecule has 2 atom stereocenters. The highest BCUT2D eigenvalue weighted by Crippen LogP contribution is 2.17. The van der Waals surface area contributed by atoms with E-state index in [4.69, 9.17) is 4.98 Å². The Hall–Kier alpha value is -0.910. The van der Waals surface area contributed by atoms with Crippen molar-refractivity contribution in [2.24, 2.45) is 0 Å². The average molecular weight is 278 g/mol. The van der Waals surface area contributed by atoms with Crippen LogP contribution in [-0.2, 0) is 6.54 Å². The fourth-order valence-corrected chi connectivity index (χ4v) is 3.58. The van der Waals surface area contributed by atoms with Gasteiger partial charge >= 0.3 is 0 Å². The molecule has 1 aliphatic heterocycles. The summed E-state index contributed by atoms with van der Waals surface area (Å²) in [5.41, 5.74) is 1.20. The summed E-state index contributed by atoms with van der Waals surface area (Å²) in [4.78, 5) is 8.40. The maximum atomic E-state index is 4.71. The van der Waals surface area contributed by atoms with E-state index in [9.17, 15) is 0 Å². The molecule has 3 rings (SSSR count). The molecule has 2 aromatic rings. The summed E-state index contributed by atoms with van der Waals surface area (Å²) < 4.78 is 2.13. The predicted octanol–water partition coefficient (Wildman–Crippen LogP) is 2.36. The van der Waals surface area contributed by atoms with Crippen LogP contribution in [0, 0.1) is 0 Å². The van der Waals surface area contributed by atoms with Crippen LogP contribution in [0.2, 0.25) is 0 Å². The first-order valence-corrected chi connectivity index (χ1v) is 8.06. The maximum absolute atomic E-state index is 4.71. The molecular formula is C14H22N4S. The lowest BCUT2D eigenvalue weighted by Gasteiger charge is -2.39. The normalized spacial score (nSPS) is 25.2. The maximum Gasteiger partial charge on any atom is 0.193 e. The van der Waals surface area contributed by atoms with Gasteiger partial charge in [0.2, 0.25) is 0 Å². The summed E-state index contributed by atoms with van der Waals surface area (Å²) in [6, 6.07) is 1.27. The van der Waals surface area contributed by atoms with Gasteiger partial charge in [-0.15, -0.1) is 11.3 Å². The van der Waals surface area contributed by atoms with E-state index in [0.717, 1.165) is 24.6 Å². The quantitative estimate of drug-likeness (QED) is 0.932. The summed E-state index contributed by atoms with van der Waals surface area (Å²) >= 11 is 1.70. The van der Waals surface area contributed by atoms with Gasteiger partial charge < -0.3 is 5.32 Å². The van der Waals surface area contributed by atoms with Crippen molar-refractivity contribution in [3.63, 3.8) is 0 Å². The first-order valence-electron chi connectivity index (χ1n) is 7.18. The molecule has 0 aromatic carbocycles. The number of fused-ring (bicyclic) bond motifs is 1. The van der Waals surface area contributed by atoms with Gasteiger partial charge in [0.1, 0.15) is 0 Å². The Morgan fingerprint density at radius 3 is 3.05 bits per heavy atom. The van der Waals surface area contributed by atoms with Gasteiger partial charge in [0.05, 0.1) is 5.69 Å². The van der Waals surface area contributed by atoms with Crippen molar-refractivity contribution in [3.05, 3.63) is 23.5 Å². The molecule has 0 bridgehead atoms. The molecule has 2 aromatic heterocycles. The number of aromatic nitrogens is 2. The van der Waals surface area contributed by atoms with E-state index < -0.39 is 0 Å². The minimum Gasteiger partial charge on any atom is -0.311 e. The predicted molar refractivity (Wildman–Crippen MR) is 79.6 cm³/mol. The summed E-state index contributed by atoms with van der Waals surface area (Å²) in [6.45, 7) is 7.76. The number of imidazole rings is 1. The van der Waals surface area contributed by atoms with Crippen LogP contribution in [0.5, 0.6) is 0 Å². The third kappa shape index (κ3) is 2.68. The lowest BCUT2D eigenvalue weighted by atomic mass is 10.1. The summed E-state index contributed by atoms with van der Waals surface area (Å²) in [5.74, 6) is 0.